The summed E-state index contributed by atoms with van der Waals surface area (Å²) in [5, 5.41) is 8.00. The molecule has 0 spiro atoms. The molecule has 1 aromatic carbocycles. The van der Waals surface area contributed by atoms with E-state index < -0.39 is 12.1 Å². The molecule has 0 radical (unpaired) electrons. The average Bonchev–Trinajstić information content (AvgIpc) is 3.21. The Morgan fingerprint density at radius 2 is 1.92 bits per heavy atom. The number of thiophene rings is 1. The van der Waals surface area contributed by atoms with E-state index in [1.54, 1.807) is 25.4 Å². The Morgan fingerprint density at radius 1 is 1.20 bits per heavy atom. The highest BCUT2D eigenvalue weighted by Gasteiger charge is 2.21. The number of carbonyl (C=O) groups is 1. The number of ether oxygens (including phenoxy) is 2. The fourth-order valence-electron chi connectivity index (χ4n) is 2.36. The minimum absolute atomic E-state index is 0.253. The van der Waals surface area contributed by atoms with Gasteiger partial charge in [0.25, 0.3) is 5.89 Å². The number of carbonyl (C=O) groups excluding carboxylic acids is 1. The average molecular weight is 358 g/mol. The van der Waals surface area contributed by atoms with Crippen LogP contribution < -0.4 is 4.74 Å². The molecular formula is C18H18N2O4S. The first-order chi connectivity index (χ1) is 12.0. The maximum atomic E-state index is 12.3. The van der Waals surface area contributed by atoms with Crippen LogP contribution in [-0.2, 0) is 4.74 Å². The number of benzene rings is 1. The third kappa shape index (κ3) is 3.71. The molecule has 0 saturated carbocycles. The van der Waals surface area contributed by atoms with Crippen LogP contribution >= 0.6 is 11.3 Å². The number of aryl methyl sites for hydroxylation is 2. The zero-order valence-electron chi connectivity index (χ0n) is 14.4. The van der Waals surface area contributed by atoms with E-state index in [1.807, 2.05) is 44.2 Å². The largest absolute Gasteiger partial charge is 0.497 e. The van der Waals surface area contributed by atoms with Gasteiger partial charge in [0, 0.05) is 15.3 Å². The van der Waals surface area contributed by atoms with E-state index in [2.05, 4.69) is 10.2 Å². The monoisotopic (exact) mass is 358 g/mol. The Labute approximate surface area is 149 Å². The summed E-state index contributed by atoms with van der Waals surface area (Å²) in [5.41, 5.74) is 1.34. The number of methoxy groups -OCH3 is 1. The van der Waals surface area contributed by atoms with Crippen molar-refractivity contribution in [3.63, 3.8) is 0 Å². The van der Waals surface area contributed by atoms with E-state index in [-0.39, 0.29) is 5.89 Å². The van der Waals surface area contributed by atoms with E-state index in [0.29, 0.717) is 11.5 Å². The third-order valence-electron chi connectivity index (χ3n) is 3.67. The fraction of sp³-hybridized carbons (Fsp3) is 0.278. The van der Waals surface area contributed by atoms with E-state index in [1.165, 1.54) is 0 Å². The van der Waals surface area contributed by atoms with E-state index in [4.69, 9.17) is 13.9 Å². The molecule has 0 aliphatic heterocycles. The van der Waals surface area contributed by atoms with Crippen LogP contribution in [0.2, 0.25) is 0 Å². The Balaban J connectivity index is 1.72. The summed E-state index contributed by atoms with van der Waals surface area (Å²) in [5.74, 6) is 0.970. The van der Waals surface area contributed by atoms with Gasteiger partial charge in [0.1, 0.15) is 5.75 Å². The summed E-state index contributed by atoms with van der Waals surface area (Å²) in [4.78, 5) is 14.3. The molecule has 6 nitrogen and oxygen atoms in total. The molecule has 2 aromatic heterocycles. The lowest BCUT2D eigenvalue weighted by molar-refractivity contribution is 0.0279. The second-order valence-electron chi connectivity index (χ2n) is 5.55. The number of aromatic nitrogens is 2. The number of rotatable bonds is 5. The molecule has 0 bridgehead atoms. The van der Waals surface area contributed by atoms with Crippen molar-refractivity contribution in [2.24, 2.45) is 0 Å². The molecule has 3 aromatic rings. The van der Waals surface area contributed by atoms with E-state index in [9.17, 15) is 4.79 Å². The van der Waals surface area contributed by atoms with Gasteiger partial charge < -0.3 is 13.9 Å². The van der Waals surface area contributed by atoms with Crippen molar-refractivity contribution < 1.29 is 18.7 Å². The maximum absolute atomic E-state index is 12.3. The minimum Gasteiger partial charge on any atom is -0.497 e. The Bertz CT molecular complexity index is 883. The van der Waals surface area contributed by atoms with Crippen LogP contribution in [0.3, 0.4) is 0 Å². The van der Waals surface area contributed by atoms with Gasteiger partial charge in [-0.1, -0.05) is 0 Å². The van der Waals surface area contributed by atoms with Crippen molar-refractivity contribution in [2.45, 2.75) is 26.9 Å². The smallest absolute Gasteiger partial charge is 0.340 e. The van der Waals surface area contributed by atoms with Gasteiger partial charge in [0.05, 0.1) is 12.7 Å². The van der Waals surface area contributed by atoms with Crippen LogP contribution in [0, 0.1) is 13.8 Å². The third-order valence-corrected chi connectivity index (χ3v) is 4.64. The Kier molecular flexibility index (Phi) is 4.85. The standard InChI is InChI=1S/C18H18N2O4S/c1-10-9-15(12(3)25-10)18(21)23-11(2)16-19-20-17(24-16)13-5-7-14(22-4)8-6-13/h5-9,11H,1-4H3/t11-/m1/s1. The molecule has 0 fully saturated rings. The summed E-state index contributed by atoms with van der Waals surface area (Å²) in [7, 11) is 1.60. The summed E-state index contributed by atoms with van der Waals surface area (Å²) < 4.78 is 16.2. The molecule has 1 atom stereocenters. The zero-order chi connectivity index (χ0) is 18.0. The molecule has 25 heavy (non-hydrogen) atoms. The minimum atomic E-state index is -0.633. The summed E-state index contributed by atoms with van der Waals surface area (Å²) in [6, 6.07) is 9.09. The Morgan fingerprint density at radius 3 is 2.52 bits per heavy atom. The highest BCUT2D eigenvalue weighted by molar-refractivity contribution is 7.12. The van der Waals surface area contributed by atoms with Crippen LogP contribution in [0.25, 0.3) is 11.5 Å². The van der Waals surface area contributed by atoms with Crippen LogP contribution in [0.4, 0.5) is 0 Å². The lowest BCUT2D eigenvalue weighted by atomic mass is 10.2. The normalized spacial score (nSPS) is 12.0. The second-order valence-corrected chi connectivity index (χ2v) is 7.01. The fourth-order valence-corrected chi connectivity index (χ4v) is 3.27. The molecule has 130 valence electrons. The molecule has 0 amide bonds. The second kappa shape index (κ2) is 7.06. The van der Waals surface area contributed by atoms with Gasteiger partial charge in [-0.05, 0) is 51.1 Å². The van der Waals surface area contributed by atoms with E-state index >= 15 is 0 Å². The molecule has 3 rings (SSSR count). The lowest BCUT2D eigenvalue weighted by Gasteiger charge is -2.08. The van der Waals surface area contributed by atoms with Crippen LogP contribution in [0.15, 0.2) is 34.7 Å². The van der Waals surface area contributed by atoms with Gasteiger partial charge in [-0.25, -0.2) is 4.79 Å². The zero-order valence-corrected chi connectivity index (χ0v) is 15.2. The van der Waals surface area contributed by atoms with Crippen LogP contribution in [-0.4, -0.2) is 23.3 Å². The van der Waals surface area contributed by atoms with Gasteiger partial charge in [0.2, 0.25) is 5.89 Å². The summed E-state index contributed by atoms with van der Waals surface area (Å²) in [6.07, 6.45) is -0.633. The van der Waals surface area contributed by atoms with Gasteiger partial charge in [-0.2, -0.15) is 0 Å². The first-order valence-corrected chi connectivity index (χ1v) is 8.55. The molecule has 0 unspecified atom stereocenters. The highest BCUT2D eigenvalue weighted by atomic mass is 32.1. The maximum Gasteiger partial charge on any atom is 0.340 e. The molecule has 0 N–H and O–H groups in total. The topological polar surface area (TPSA) is 74.5 Å². The van der Waals surface area contributed by atoms with Gasteiger partial charge >= 0.3 is 5.97 Å². The van der Waals surface area contributed by atoms with Crippen LogP contribution in [0.1, 0.15) is 39.0 Å². The SMILES string of the molecule is COc1ccc(-c2nnc([C@@H](C)OC(=O)c3cc(C)sc3C)o2)cc1. The van der Waals surface area contributed by atoms with E-state index in [0.717, 1.165) is 21.1 Å². The molecular weight excluding hydrogens is 340 g/mol. The molecule has 2 heterocycles. The molecule has 7 heteroatoms. The van der Waals surface area contributed by atoms with Gasteiger partial charge in [-0.3, -0.25) is 0 Å². The van der Waals surface area contributed by atoms with Crippen molar-refractivity contribution in [3.8, 4) is 17.2 Å². The molecule has 0 aliphatic carbocycles. The number of esters is 1. The van der Waals surface area contributed by atoms with Crippen molar-refractivity contribution in [3.05, 3.63) is 51.5 Å². The van der Waals surface area contributed by atoms with Gasteiger partial charge in [-0.15, -0.1) is 21.5 Å². The Hall–Kier alpha value is -2.67. The predicted octanol–water partition coefficient (Wildman–Crippen LogP) is 4.34. The molecule has 0 saturated heterocycles. The van der Waals surface area contributed by atoms with Gasteiger partial charge in [0.15, 0.2) is 6.10 Å². The number of hydrogen-bond donors (Lipinski definition) is 0. The molecule has 0 aliphatic rings. The summed E-state index contributed by atoms with van der Waals surface area (Å²) in [6.45, 7) is 5.56. The first-order valence-electron chi connectivity index (χ1n) is 7.73. The summed E-state index contributed by atoms with van der Waals surface area (Å²) >= 11 is 1.56. The van der Waals surface area contributed by atoms with Crippen molar-refractivity contribution in [2.75, 3.05) is 7.11 Å². The quantitative estimate of drug-likeness (QED) is 0.632. The first kappa shape index (κ1) is 17.2. The number of nitrogens with zero attached hydrogens (tertiary/aromatic N) is 2. The lowest BCUT2D eigenvalue weighted by Crippen LogP contribution is -2.09. The number of hydrogen-bond acceptors (Lipinski definition) is 7. The van der Waals surface area contributed by atoms with Crippen molar-refractivity contribution in [1.29, 1.82) is 0 Å². The predicted molar refractivity (Wildman–Crippen MR) is 93.9 cm³/mol. The van der Waals surface area contributed by atoms with Crippen molar-refractivity contribution in [1.82, 2.24) is 10.2 Å². The highest BCUT2D eigenvalue weighted by Crippen LogP contribution is 2.26. The van der Waals surface area contributed by atoms with Crippen LogP contribution in [0.5, 0.6) is 5.75 Å². The van der Waals surface area contributed by atoms with Crippen molar-refractivity contribution >= 4 is 17.3 Å².